The molecule has 0 heterocycles. The fourth-order valence-corrected chi connectivity index (χ4v) is 9.96. The van der Waals surface area contributed by atoms with Gasteiger partial charge < -0.3 is 20.3 Å². The molecule has 0 bridgehead atoms. The number of hydrogen-bond donors (Lipinski definition) is 3. The molecule has 1 amide bonds. The maximum atomic E-state index is 12.4. The van der Waals surface area contributed by atoms with Crippen LogP contribution in [0.3, 0.4) is 0 Å². The molecule has 6 nitrogen and oxygen atoms in total. The monoisotopic (exact) mass is 1010 g/mol. The summed E-state index contributed by atoms with van der Waals surface area (Å²) in [5.74, 6) is -0.0321. The molecule has 0 saturated carbocycles. The molecular formula is C66H125NO5. The zero-order valence-corrected chi connectivity index (χ0v) is 48.4. The molecule has 0 aliphatic rings. The van der Waals surface area contributed by atoms with Gasteiger partial charge in [0.05, 0.1) is 25.4 Å². The number of carbonyl (C=O) groups excluding carboxylic acids is 2. The van der Waals surface area contributed by atoms with Crippen molar-refractivity contribution in [2.45, 2.75) is 360 Å². The van der Waals surface area contributed by atoms with Crippen LogP contribution >= 0.6 is 0 Å². The molecule has 0 spiro atoms. The van der Waals surface area contributed by atoms with E-state index in [2.05, 4.69) is 55.6 Å². The van der Waals surface area contributed by atoms with E-state index in [-0.39, 0.29) is 18.5 Å². The van der Waals surface area contributed by atoms with Crippen LogP contribution in [0.25, 0.3) is 0 Å². The zero-order chi connectivity index (χ0) is 52.2. The fourth-order valence-electron chi connectivity index (χ4n) is 9.96. The second-order valence-corrected chi connectivity index (χ2v) is 22.1. The van der Waals surface area contributed by atoms with Crippen molar-refractivity contribution in [1.29, 1.82) is 0 Å². The summed E-state index contributed by atoms with van der Waals surface area (Å²) in [6.45, 7) is 4.93. The number of unbranched alkanes of at least 4 members (excludes halogenated alkanes) is 43. The summed E-state index contributed by atoms with van der Waals surface area (Å²) < 4.78 is 5.48. The van der Waals surface area contributed by atoms with Gasteiger partial charge in [0.15, 0.2) is 0 Å². The van der Waals surface area contributed by atoms with Gasteiger partial charge in [-0.25, -0.2) is 0 Å². The number of hydrogen-bond acceptors (Lipinski definition) is 5. The number of aliphatic hydroxyl groups is 2. The normalized spacial score (nSPS) is 12.8. The first kappa shape index (κ1) is 70.1. The number of allylic oxidation sites excluding steroid dienone is 6. The summed E-state index contributed by atoms with van der Waals surface area (Å²) >= 11 is 0. The van der Waals surface area contributed by atoms with Gasteiger partial charge in [-0.3, -0.25) is 9.59 Å². The summed E-state index contributed by atoms with van der Waals surface area (Å²) in [5.41, 5.74) is 0. The average molecular weight is 1010 g/mol. The number of ether oxygens (including phenoxy) is 1. The van der Waals surface area contributed by atoms with Gasteiger partial charge in [0.1, 0.15) is 0 Å². The average Bonchev–Trinajstić information content (AvgIpc) is 3.38. The number of nitrogens with one attached hydrogen (secondary N) is 1. The summed E-state index contributed by atoms with van der Waals surface area (Å²) in [6.07, 6.45) is 77.5. The number of esters is 1. The van der Waals surface area contributed by atoms with Crippen molar-refractivity contribution in [2.24, 2.45) is 0 Å². The Morgan fingerprint density at radius 3 is 1.08 bits per heavy atom. The molecular weight excluding hydrogens is 887 g/mol. The molecule has 0 aromatic rings. The van der Waals surface area contributed by atoms with Crippen molar-refractivity contribution in [1.82, 2.24) is 5.32 Å². The zero-order valence-electron chi connectivity index (χ0n) is 48.4. The number of amides is 1. The molecule has 0 aromatic heterocycles. The second kappa shape index (κ2) is 61.6. The van der Waals surface area contributed by atoms with Crippen LogP contribution in [-0.2, 0) is 14.3 Å². The quantitative estimate of drug-likeness (QED) is 0.0320. The Bertz CT molecular complexity index is 1170. The van der Waals surface area contributed by atoms with Gasteiger partial charge in [0.25, 0.3) is 0 Å². The SMILES string of the molecule is CCCCCC/C=C\C/C=C\CCCCCCCC(=O)OCCCCCCCCCCCCCC/C=C\CCCCCCCCCCCCCCCC(=O)NC(CO)C(O)CCCCCCCCCCCC. The molecule has 0 rings (SSSR count). The van der Waals surface area contributed by atoms with Gasteiger partial charge in [0, 0.05) is 12.8 Å². The molecule has 0 aliphatic carbocycles. The van der Waals surface area contributed by atoms with Crippen molar-refractivity contribution in [3.05, 3.63) is 36.5 Å². The molecule has 72 heavy (non-hydrogen) atoms. The van der Waals surface area contributed by atoms with Crippen molar-refractivity contribution >= 4 is 11.9 Å². The lowest BCUT2D eigenvalue weighted by atomic mass is 10.0. The maximum absolute atomic E-state index is 12.4. The van der Waals surface area contributed by atoms with Crippen LogP contribution in [0.15, 0.2) is 36.5 Å². The molecule has 3 N–H and O–H groups in total. The van der Waals surface area contributed by atoms with Gasteiger partial charge in [0.2, 0.25) is 5.91 Å². The molecule has 0 aliphatic heterocycles. The highest BCUT2D eigenvalue weighted by Gasteiger charge is 2.20. The first-order valence-corrected chi connectivity index (χ1v) is 32.2. The molecule has 0 radical (unpaired) electrons. The second-order valence-electron chi connectivity index (χ2n) is 22.1. The minimum Gasteiger partial charge on any atom is -0.466 e. The van der Waals surface area contributed by atoms with E-state index >= 15 is 0 Å². The summed E-state index contributed by atoms with van der Waals surface area (Å²) in [7, 11) is 0. The van der Waals surface area contributed by atoms with Gasteiger partial charge in [-0.05, 0) is 83.5 Å². The summed E-state index contributed by atoms with van der Waals surface area (Å²) in [6, 6.07) is -0.539. The van der Waals surface area contributed by atoms with Crippen molar-refractivity contribution < 1.29 is 24.5 Å². The highest BCUT2D eigenvalue weighted by molar-refractivity contribution is 5.76. The van der Waals surface area contributed by atoms with Crippen LogP contribution in [-0.4, -0.2) is 47.4 Å². The molecule has 0 fully saturated rings. The largest absolute Gasteiger partial charge is 0.466 e. The Labute approximate surface area is 449 Å². The van der Waals surface area contributed by atoms with Crippen LogP contribution in [0.5, 0.6) is 0 Å². The third-order valence-electron chi connectivity index (χ3n) is 14.9. The van der Waals surface area contributed by atoms with Crippen LogP contribution in [0.1, 0.15) is 348 Å². The van der Waals surface area contributed by atoms with E-state index in [9.17, 15) is 19.8 Å². The lowest BCUT2D eigenvalue weighted by Gasteiger charge is -2.22. The van der Waals surface area contributed by atoms with Crippen LogP contribution in [0.2, 0.25) is 0 Å². The standard InChI is InChI=1S/C66H125NO5/c1-3-5-7-9-11-13-15-16-17-34-37-40-44-48-52-56-60-66(71)72-61-57-53-49-45-41-38-35-32-30-28-26-24-22-20-18-19-21-23-25-27-29-31-33-36-39-43-47-51-55-59-65(70)67-63(62-68)64(69)58-54-50-46-42-14-12-10-8-6-4-2/h13,15,17-18,20,34,63-64,68-69H,3-12,14,16,19,21-33,35-62H2,1-2H3,(H,67,70)/b15-13-,20-18-,34-17-. The number of aliphatic hydroxyl groups excluding tert-OH is 2. The van der Waals surface area contributed by atoms with E-state index in [1.165, 1.54) is 263 Å². The minimum absolute atomic E-state index is 0.00299. The third-order valence-corrected chi connectivity index (χ3v) is 14.9. The minimum atomic E-state index is -0.662. The molecule has 424 valence electrons. The van der Waals surface area contributed by atoms with E-state index in [0.717, 1.165) is 51.4 Å². The molecule has 2 unspecified atom stereocenters. The molecule has 0 saturated heterocycles. The topological polar surface area (TPSA) is 95.9 Å². The Morgan fingerprint density at radius 1 is 0.389 bits per heavy atom. The third kappa shape index (κ3) is 57.4. The lowest BCUT2D eigenvalue weighted by molar-refractivity contribution is -0.143. The van der Waals surface area contributed by atoms with Crippen molar-refractivity contribution in [3.8, 4) is 0 Å². The van der Waals surface area contributed by atoms with E-state index in [4.69, 9.17) is 4.74 Å². The van der Waals surface area contributed by atoms with Gasteiger partial charge in [-0.15, -0.1) is 0 Å². The predicted molar refractivity (Wildman–Crippen MR) is 315 cm³/mol. The van der Waals surface area contributed by atoms with Gasteiger partial charge >= 0.3 is 5.97 Å². The van der Waals surface area contributed by atoms with Gasteiger partial charge in [-0.2, -0.15) is 0 Å². The number of rotatable bonds is 60. The Kier molecular flexibility index (Phi) is 60.0. The molecule has 6 heteroatoms. The first-order chi connectivity index (χ1) is 35.5. The van der Waals surface area contributed by atoms with Crippen LogP contribution in [0, 0.1) is 0 Å². The van der Waals surface area contributed by atoms with E-state index in [0.29, 0.717) is 25.9 Å². The van der Waals surface area contributed by atoms with E-state index < -0.39 is 12.1 Å². The van der Waals surface area contributed by atoms with E-state index in [1.807, 2.05) is 0 Å². The van der Waals surface area contributed by atoms with Crippen LogP contribution < -0.4 is 5.32 Å². The maximum Gasteiger partial charge on any atom is 0.305 e. The van der Waals surface area contributed by atoms with Gasteiger partial charge in [-0.1, -0.05) is 288 Å². The highest BCUT2D eigenvalue weighted by atomic mass is 16.5. The fraction of sp³-hybridized carbons (Fsp3) is 0.879. The van der Waals surface area contributed by atoms with E-state index in [1.54, 1.807) is 0 Å². The predicted octanol–water partition coefficient (Wildman–Crippen LogP) is 20.4. The highest BCUT2D eigenvalue weighted by Crippen LogP contribution is 2.17. The Balaban J connectivity index is 3.35. The molecule has 0 aromatic carbocycles. The first-order valence-electron chi connectivity index (χ1n) is 32.2. The molecule has 2 atom stereocenters. The smallest absolute Gasteiger partial charge is 0.305 e. The Hall–Kier alpha value is -1.92. The van der Waals surface area contributed by atoms with Crippen LogP contribution in [0.4, 0.5) is 0 Å². The lowest BCUT2D eigenvalue weighted by Crippen LogP contribution is -2.45. The number of carbonyl (C=O) groups is 2. The summed E-state index contributed by atoms with van der Waals surface area (Å²) in [4.78, 5) is 24.5. The van der Waals surface area contributed by atoms with Crippen molar-refractivity contribution in [2.75, 3.05) is 13.2 Å². The Morgan fingerprint density at radius 2 is 0.694 bits per heavy atom. The summed E-state index contributed by atoms with van der Waals surface area (Å²) in [5, 5.41) is 23.2. The van der Waals surface area contributed by atoms with Crippen molar-refractivity contribution in [3.63, 3.8) is 0 Å².